The normalized spacial score (nSPS) is 17.2. The Morgan fingerprint density at radius 3 is 3.16 bits per heavy atom. The molecular weight excluding hydrogens is 322 g/mol. The van der Waals surface area contributed by atoms with Crippen molar-refractivity contribution in [3.05, 3.63) is 42.2 Å². The highest BCUT2D eigenvalue weighted by Crippen LogP contribution is 2.26. The summed E-state index contributed by atoms with van der Waals surface area (Å²) in [6.45, 7) is 1.37. The summed E-state index contributed by atoms with van der Waals surface area (Å²) >= 11 is 0. The van der Waals surface area contributed by atoms with E-state index in [0.717, 1.165) is 30.4 Å². The van der Waals surface area contributed by atoms with E-state index in [0.29, 0.717) is 24.7 Å². The van der Waals surface area contributed by atoms with Crippen molar-refractivity contribution < 1.29 is 14.1 Å². The number of rotatable bonds is 6. The maximum atomic E-state index is 12.1. The van der Waals surface area contributed by atoms with Crippen LogP contribution in [0.15, 0.2) is 35.0 Å². The Hall–Kier alpha value is -2.74. The van der Waals surface area contributed by atoms with Gasteiger partial charge in [0, 0.05) is 25.0 Å². The van der Waals surface area contributed by atoms with Crippen LogP contribution in [0.5, 0.6) is 0 Å². The minimum Gasteiger partial charge on any atom is -0.368 e. The molecule has 1 N–H and O–H groups in total. The lowest BCUT2D eigenvalue weighted by Crippen LogP contribution is -2.29. The first kappa shape index (κ1) is 15.8. The van der Waals surface area contributed by atoms with Crippen LogP contribution < -0.4 is 5.32 Å². The Balaban J connectivity index is 1.27. The number of amides is 1. The fourth-order valence-electron chi connectivity index (χ4n) is 2.93. The number of carbonyl (C=O) groups is 1. The van der Waals surface area contributed by atoms with Crippen LogP contribution in [0, 0.1) is 0 Å². The molecule has 0 spiro atoms. The van der Waals surface area contributed by atoms with Crippen LogP contribution in [0.25, 0.3) is 10.9 Å². The summed E-state index contributed by atoms with van der Waals surface area (Å²) in [5.74, 6) is 1.01. The smallest absolute Gasteiger partial charge is 0.255 e. The molecule has 0 radical (unpaired) electrons. The molecule has 1 amide bonds. The van der Waals surface area contributed by atoms with Crippen LogP contribution in [-0.4, -0.2) is 39.0 Å². The van der Waals surface area contributed by atoms with Gasteiger partial charge in [0.2, 0.25) is 5.91 Å². The van der Waals surface area contributed by atoms with Crippen molar-refractivity contribution >= 4 is 16.8 Å². The van der Waals surface area contributed by atoms with E-state index >= 15 is 0 Å². The molecule has 8 nitrogen and oxygen atoms in total. The zero-order chi connectivity index (χ0) is 17.1. The molecule has 8 heteroatoms. The number of ether oxygens (including phenoxy) is 1. The number of nitrogens with zero attached hydrogens (tertiary/aromatic N) is 4. The van der Waals surface area contributed by atoms with E-state index < -0.39 is 0 Å². The van der Waals surface area contributed by atoms with E-state index in [1.54, 1.807) is 10.9 Å². The van der Waals surface area contributed by atoms with E-state index in [4.69, 9.17) is 9.26 Å². The number of nitrogens with one attached hydrogen (secondary N) is 1. The molecule has 3 aromatic rings. The third-order valence-corrected chi connectivity index (χ3v) is 4.20. The van der Waals surface area contributed by atoms with Crippen LogP contribution in [0.2, 0.25) is 0 Å². The van der Waals surface area contributed by atoms with Gasteiger partial charge in [-0.3, -0.25) is 9.48 Å². The molecule has 130 valence electrons. The molecule has 0 saturated carbocycles. The van der Waals surface area contributed by atoms with Gasteiger partial charge in [-0.1, -0.05) is 23.4 Å². The van der Waals surface area contributed by atoms with Crippen molar-refractivity contribution in [1.29, 1.82) is 0 Å². The summed E-state index contributed by atoms with van der Waals surface area (Å²) in [5.41, 5.74) is 0.942. The van der Waals surface area contributed by atoms with Crippen LogP contribution in [0.4, 0.5) is 0 Å². The minimum absolute atomic E-state index is 0.0797. The number of fused-ring (bicyclic) bond motifs is 1. The first-order valence-corrected chi connectivity index (χ1v) is 8.41. The summed E-state index contributed by atoms with van der Waals surface area (Å²) in [5, 5.41) is 12.1. The predicted octanol–water partition coefficient (Wildman–Crippen LogP) is 1.63. The molecule has 1 aliphatic rings. The molecule has 3 heterocycles. The van der Waals surface area contributed by atoms with Gasteiger partial charge in [-0.25, -0.2) is 0 Å². The highest BCUT2D eigenvalue weighted by atomic mass is 16.5. The lowest BCUT2D eigenvalue weighted by atomic mass is 10.2. The Kier molecular flexibility index (Phi) is 4.43. The van der Waals surface area contributed by atoms with Gasteiger partial charge in [0.1, 0.15) is 12.6 Å². The number of benzene rings is 1. The van der Waals surface area contributed by atoms with Crippen molar-refractivity contribution in [1.82, 2.24) is 25.2 Å². The number of para-hydroxylation sites is 1. The van der Waals surface area contributed by atoms with Gasteiger partial charge >= 0.3 is 0 Å². The molecule has 1 aromatic carbocycles. The monoisotopic (exact) mass is 341 g/mol. The average Bonchev–Trinajstić information content (AvgIpc) is 3.35. The molecule has 1 fully saturated rings. The maximum absolute atomic E-state index is 12.1. The second kappa shape index (κ2) is 7.02. The topological polar surface area (TPSA) is 95.1 Å². The van der Waals surface area contributed by atoms with Crippen molar-refractivity contribution in [2.45, 2.75) is 31.9 Å². The fraction of sp³-hybridized carbons (Fsp3) is 0.412. The molecule has 0 bridgehead atoms. The SMILES string of the molecule is O=C(Cn1ncc2ccccc21)NCCc1noc([C@H]2CCCO2)n1. The maximum Gasteiger partial charge on any atom is 0.255 e. The van der Waals surface area contributed by atoms with Crippen molar-refractivity contribution in [3.8, 4) is 0 Å². The molecule has 2 aromatic heterocycles. The number of hydrogen-bond donors (Lipinski definition) is 1. The third-order valence-electron chi connectivity index (χ3n) is 4.20. The zero-order valence-corrected chi connectivity index (χ0v) is 13.7. The van der Waals surface area contributed by atoms with Gasteiger partial charge in [-0.05, 0) is 18.9 Å². The Bertz CT molecular complexity index is 866. The predicted molar refractivity (Wildman–Crippen MR) is 88.7 cm³/mol. The summed E-state index contributed by atoms with van der Waals surface area (Å²) in [7, 11) is 0. The quantitative estimate of drug-likeness (QED) is 0.732. The van der Waals surface area contributed by atoms with Crippen LogP contribution in [0.1, 0.15) is 30.7 Å². The van der Waals surface area contributed by atoms with E-state index in [9.17, 15) is 4.79 Å². The fourth-order valence-corrected chi connectivity index (χ4v) is 2.93. The first-order valence-electron chi connectivity index (χ1n) is 8.41. The standard InChI is InChI=1S/C17H19N5O3/c23-16(11-22-13-5-2-1-4-12(13)10-19-22)18-8-7-15-20-17(25-21-15)14-6-3-9-24-14/h1-2,4-5,10,14H,3,6-9,11H2,(H,18,23)/t14-/m1/s1. The molecule has 1 aliphatic heterocycles. The van der Waals surface area contributed by atoms with Crippen molar-refractivity contribution in [2.24, 2.45) is 0 Å². The molecular formula is C17H19N5O3. The molecule has 4 rings (SSSR count). The van der Waals surface area contributed by atoms with E-state index in [1.165, 1.54) is 0 Å². The van der Waals surface area contributed by atoms with Gasteiger partial charge < -0.3 is 14.6 Å². The third kappa shape index (κ3) is 3.53. The van der Waals surface area contributed by atoms with Crippen molar-refractivity contribution in [2.75, 3.05) is 13.2 Å². The largest absolute Gasteiger partial charge is 0.368 e. The lowest BCUT2D eigenvalue weighted by molar-refractivity contribution is -0.121. The molecule has 0 aliphatic carbocycles. The Morgan fingerprint density at radius 2 is 2.28 bits per heavy atom. The van der Waals surface area contributed by atoms with Gasteiger partial charge in [0.15, 0.2) is 5.82 Å². The average molecular weight is 341 g/mol. The van der Waals surface area contributed by atoms with Crippen molar-refractivity contribution in [3.63, 3.8) is 0 Å². The first-order chi connectivity index (χ1) is 12.3. The summed E-state index contributed by atoms with van der Waals surface area (Å²) in [4.78, 5) is 16.4. The summed E-state index contributed by atoms with van der Waals surface area (Å²) < 4.78 is 12.4. The van der Waals surface area contributed by atoms with Gasteiger partial charge in [0.25, 0.3) is 5.89 Å². The number of aromatic nitrogens is 4. The lowest BCUT2D eigenvalue weighted by Gasteiger charge is -2.05. The van der Waals surface area contributed by atoms with Gasteiger partial charge in [-0.2, -0.15) is 10.1 Å². The number of hydrogen-bond acceptors (Lipinski definition) is 6. The van der Waals surface area contributed by atoms with Gasteiger partial charge in [-0.15, -0.1) is 0 Å². The molecule has 1 atom stereocenters. The van der Waals surface area contributed by atoms with Crippen LogP contribution in [-0.2, 0) is 22.5 Å². The Morgan fingerprint density at radius 1 is 1.36 bits per heavy atom. The van der Waals surface area contributed by atoms with E-state index in [1.807, 2.05) is 24.3 Å². The number of carbonyl (C=O) groups excluding carboxylic acids is 1. The van der Waals surface area contributed by atoms with E-state index in [2.05, 4.69) is 20.6 Å². The summed E-state index contributed by atoms with van der Waals surface area (Å²) in [6.07, 6.45) is 4.12. The minimum atomic E-state index is -0.100. The molecule has 0 unspecified atom stereocenters. The second-order valence-electron chi connectivity index (χ2n) is 6.01. The highest BCUT2D eigenvalue weighted by molar-refractivity contribution is 5.81. The molecule has 1 saturated heterocycles. The van der Waals surface area contributed by atoms with Crippen LogP contribution >= 0.6 is 0 Å². The van der Waals surface area contributed by atoms with Crippen LogP contribution in [0.3, 0.4) is 0 Å². The van der Waals surface area contributed by atoms with Gasteiger partial charge in [0.05, 0.1) is 11.7 Å². The second-order valence-corrected chi connectivity index (χ2v) is 6.01. The summed E-state index contributed by atoms with van der Waals surface area (Å²) in [6, 6.07) is 7.80. The zero-order valence-electron chi connectivity index (χ0n) is 13.7. The molecule has 25 heavy (non-hydrogen) atoms. The highest BCUT2D eigenvalue weighted by Gasteiger charge is 2.23. The van der Waals surface area contributed by atoms with E-state index in [-0.39, 0.29) is 18.6 Å². The Labute approximate surface area is 144 Å².